The summed E-state index contributed by atoms with van der Waals surface area (Å²) >= 11 is 0. The molecule has 122 valence electrons. The van der Waals surface area contributed by atoms with E-state index in [9.17, 15) is 9.90 Å². The van der Waals surface area contributed by atoms with Crippen LogP contribution < -0.4 is 5.73 Å². The van der Waals surface area contributed by atoms with Gasteiger partial charge in [0.05, 0.1) is 5.60 Å². The molecule has 0 aromatic carbocycles. The molecule has 6 heteroatoms. The van der Waals surface area contributed by atoms with Crippen molar-refractivity contribution in [2.45, 2.75) is 64.9 Å². The highest BCUT2D eigenvalue weighted by molar-refractivity contribution is 6.06. The van der Waals surface area contributed by atoms with Gasteiger partial charge >= 0.3 is 0 Å². The Bertz CT molecular complexity index is 378. The van der Waals surface area contributed by atoms with Crippen molar-refractivity contribution in [2.75, 3.05) is 13.1 Å². The Hall–Kier alpha value is -1.30. The number of hydrogen-bond donors (Lipinski definition) is 3. The third-order valence-electron chi connectivity index (χ3n) is 4.49. The summed E-state index contributed by atoms with van der Waals surface area (Å²) in [5, 5.41) is 22.3. The van der Waals surface area contributed by atoms with Gasteiger partial charge in [0.25, 0.3) is 0 Å². The summed E-state index contributed by atoms with van der Waals surface area (Å²) in [6.07, 6.45) is 3.83. The van der Waals surface area contributed by atoms with Gasteiger partial charge in [-0.3, -0.25) is 4.79 Å². The highest BCUT2D eigenvalue weighted by atomic mass is 16.4. The third-order valence-corrected chi connectivity index (χ3v) is 4.49. The first-order chi connectivity index (χ1) is 9.83. The molecule has 1 rings (SSSR count). The minimum absolute atomic E-state index is 0.00790. The van der Waals surface area contributed by atoms with E-state index < -0.39 is 11.0 Å². The highest BCUT2D eigenvalue weighted by Crippen LogP contribution is 2.34. The maximum atomic E-state index is 13.0. The van der Waals surface area contributed by atoms with Gasteiger partial charge in [-0.25, -0.2) is 0 Å². The molecule has 1 fully saturated rings. The van der Waals surface area contributed by atoms with Crippen molar-refractivity contribution in [3.63, 3.8) is 0 Å². The van der Waals surface area contributed by atoms with Crippen LogP contribution >= 0.6 is 0 Å². The van der Waals surface area contributed by atoms with Crippen molar-refractivity contribution in [1.29, 1.82) is 0 Å². The molecule has 1 saturated heterocycles. The standard InChI is InChI=1S/C15H29N3O3/c1-4-6-15(7-5-2,12(16)17-21)13(19)18-10-8-14(3,20)9-11-18/h20-21H,4-11H2,1-3H3,(H2,16,17). The smallest absolute Gasteiger partial charge is 0.236 e. The minimum atomic E-state index is -0.915. The molecular formula is C15H29N3O3. The molecule has 0 atom stereocenters. The number of carbonyl (C=O) groups excluding carboxylic acids is 1. The summed E-state index contributed by atoms with van der Waals surface area (Å²) in [6.45, 7) is 6.80. The number of amides is 1. The first-order valence-corrected chi connectivity index (χ1v) is 7.82. The number of piperidine rings is 1. The molecule has 0 unspecified atom stereocenters. The molecule has 21 heavy (non-hydrogen) atoms. The molecule has 0 saturated carbocycles. The second-order valence-corrected chi connectivity index (χ2v) is 6.36. The van der Waals surface area contributed by atoms with Gasteiger partial charge in [0.1, 0.15) is 5.41 Å². The van der Waals surface area contributed by atoms with Crippen molar-refractivity contribution >= 4 is 11.7 Å². The molecule has 1 aliphatic heterocycles. The van der Waals surface area contributed by atoms with E-state index in [1.54, 1.807) is 11.8 Å². The lowest BCUT2D eigenvalue weighted by atomic mass is 9.76. The maximum Gasteiger partial charge on any atom is 0.236 e. The van der Waals surface area contributed by atoms with Gasteiger partial charge in [0, 0.05) is 13.1 Å². The van der Waals surface area contributed by atoms with Crippen LogP contribution in [0.4, 0.5) is 0 Å². The number of rotatable bonds is 6. The second-order valence-electron chi connectivity index (χ2n) is 6.36. The van der Waals surface area contributed by atoms with Crippen molar-refractivity contribution < 1.29 is 15.1 Å². The average Bonchev–Trinajstić information content (AvgIpc) is 2.45. The molecule has 0 bridgehead atoms. The Kier molecular flexibility index (Phi) is 6.01. The number of amidine groups is 1. The second kappa shape index (κ2) is 7.11. The normalized spacial score (nSPS) is 19.6. The summed E-state index contributed by atoms with van der Waals surface area (Å²) in [4.78, 5) is 14.7. The maximum absolute atomic E-state index is 13.0. The van der Waals surface area contributed by atoms with Crippen LogP contribution in [-0.4, -0.2) is 45.6 Å². The lowest BCUT2D eigenvalue weighted by Gasteiger charge is -2.41. The van der Waals surface area contributed by atoms with Gasteiger partial charge in [0.2, 0.25) is 5.91 Å². The number of nitrogens with zero attached hydrogens (tertiary/aromatic N) is 2. The van der Waals surface area contributed by atoms with Crippen LogP contribution in [0.15, 0.2) is 5.16 Å². The van der Waals surface area contributed by atoms with E-state index in [-0.39, 0.29) is 11.7 Å². The van der Waals surface area contributed by atoms with Gasteiger partial charge in [-0.2, -0.15) is 0 Å². The monoisotopic (exact) mass is 299 g/mol. The predicted molar refractivity (Wildman–Crippen MR) is 82.1 cm³/mol. The van der Waals surface area contributed by atoms with Gasteiger partial charge < -0.3 is 20.9 Å². The number of nitrogens with two attached hydrogens (primary N) is 1. The van der Waals surface area contributed by atoms with E-state index in [4.69, 9.17) is 10.9 Å². The Labute approximate surface area is 127 Å². The zero-order chi connectivity index (χ0) is 16.1. The minimum Gasteiger partial charge on any atom is -0.409 e. The fraction of sp³-hybridized carbons (Fsp3) is 0.867. The van der Waals surface area contributed by atoms with E-state index >= 15 is 0 Å². The number of likely N-dealkylation sites (tertiary alicyclic amines) is 1. The van der Waals surface area contributed by atoms with Crippen LogP contribution in [0.25, 0.3) is 0 Å². The first-order valence-electron chi connectivity index (χ1n) is 7.82. The molecular weight excluding hydrogens is 270 g/mol. The van der Waals surface area contributed by atoms with Crippen molar-refractivity contribution in [3.05, 3.63) is 0 Å². The molecule has 0 spiro atoms. The van der Waals surface area contributed by atoms with Crippen LogP contribution in [0.3, 0.4) is 0 Å². The Morgan fingerprint density at radius 3 is 2.14 bits per heavy atom. The number of oxime groups is 1. The molecule has 1 amide bonds. The zero-order valence-corrected chi connectivity index (χ0v) is 13.4. The van der Waals surface area contributed by atoms with Gasteiger partial charge in [0.15, 0.2) is 5.84 Å². The van der Waals surface area contributed by atoms with E-state index in [2.05, 4.69) is 5.16 Å². The SMILES string of the molecule is CCCC(CCC)(C(=O)N1CCC(C)(O)CC1)C(N)=NO. The van der Waals surface area contributed by atoms with E-state index in [1.807, 2.05) is 13.8 Å². The number of aliphatic hydroxyl groups is 1. The Morgan fingerprint density at radius 2 is 1.76 bits per heavy atom. The van der Waals surface area contributed by atoms with E-state index in [1.165, 1.54) is 0 Å². The van der Waals surface area contributed by atoms with E-state index in [0.29, 0.717) is 38.8 Å². The summed E-state index contributed by atoms with van der Waals surface area (Å²) in [6, 6.07) is 0. The predicted octanol–water partition coefficient (Wildman–Crippen LogP) is 1.69. The molecule has 1 aliphatic rings. The van der Waals surface area contributed by atoms with Gasteiger partial charge in [-0.15, -0.1) is 0 Å². The molecule has 0 aromatic rings. The number of carbonyl (C=O) groups is 1. The lowest BCUT2D eigenvalue weighted by molar-refractivity contribution is -0.143. The Balaban J connectivity index is 3.00. The molecule has 0 aliphatic carbocycles. The van der Waals surface area contributed by atoms with E-state index in [0.717, 1.165) is 12.8 Å². The van der Waals surface area contributed by atoms with Crippen molar-refractivity contribution in [1.82, 2.24) is 4.90 Å². The molecule has 4 N–H and O–H groups in total. The zero-order valence-electron chi connectivity index (χ0n) is 13.4. The third kappa shape index (κ3) is 3.87. The van der Waals surface area contributed by atoms with Crippen LogP contribution in [0.1, 0.15) is 59.3 Å². The quantitative estimate of drug-likeness (QED) is 0.301. The molecule has 0 aromatic heterocycles. The summed E-state index contributed by atoms with van der Waals surface area (Å²) in [7, 11) is 0. The molecule has 6 nitrogen and oxygen atoms in total. The summed E-state index contributed by atoms with van der Waals surface area (Å²) in [5.74, 6) is -0.0643. The van der Waals surface area contributed by atoms with Crippen molar-refractivity contribution in [2.24, 2.45) is 16.3 Å². The van der Waals surface area contributed by atoms with Gasteiger partial charge in [-0.1, -0.05) is 31.8 Å². The highest BCUT2D eigenvalue weighted by Gasteiger charge is 2.45. The van der Waals surface area contributed by atoms with Crippen LogP contribution in [0.5, 0.6) is 0 Å². The first kappa shape index (κ1) is 17.8. The number of hydrogen-bond acceptors (Lipinski definition) is 4. The fourth-order valence-corrected chi connectivity index (χ4v) is 3.15. The van der Waals surface area contributed by atoms with Crippen LogP contribution in [0.2, 0.25) is 0 Å². The Morgan fingerprint density at radius 1 is 1.29 bits per heavy atom. The average molecular weight is 299 g/mol. The summed E-state index contributed by atoms with van der Waals surface area (Å²) < 4.78 is 0. The lowest BCUT2D eigenvalue weighted by Crippen LogP contribution is -2.55. The molecule has 0 radical (unpaired) electrons. The fourth-order valence-electron chi connectivity index (χ4n) is 3.15. The largest absolute Gasteiger partial charge is 0.409 e. The van der Waals surface area contributed by atoms with Gasteiger partial charge in [-0.05, 0) is 32.6 Å². The van der Waals surface area contributed by atoms with Crippen LogP contribution in [0, 0.1) is 5.41 Å². The topological polar surface area (TPSA) is 99.2 Å². The van der Waals surface area contributed by atoms with Crippen LogP contribution in [-0.2, 0) is 4.79 Å². The molecule has 1 heterocycles. The summed E-state index contributed by atoms with van der Waals surface area (Å²) in [5.41, 5.74) is 4.27. The van der Waals surface area contributed by atoms with Crippen molar-refractivity contribution in [3.8, 4) is 0 Å².